The van der Waals surface area contributed by atoms with Crippen molar-refractivity contribution in [2.75, 3.05) is 18.6 Å². The van der Waals surface area contributed by atoms with Crippen molar-refractivity contribution in [2.45, 2.75) is 44.8 Å². The molecule has 0 saturated carbocycles. The number of alkyl halides is 3. The fourth-order valence-corrected chi connectivity index (χ4v) is 3.77. The molecule has 4 nitrogen and oxygen atoms in total. The average Bonchev–Trinajstić information content (AvgIpc) is 2.70. The van der Waals surface area contributed by atoms with Crippen LogP contribution in [0.3, 0.4) is 0 Å². The summed E-state index contributed by atoms with van der Waals surface area (Å²) in [4.78, 5) is 13.6. The molecule has 26 heavy (non-hydrogen) atoms. The highest BCUT2D eigenvalue weighted by Crippen LogP contribution is 2.57. The standard InChI is InChI=1S/C19H21F3N2O2/c1-6-26-16(25)12(11-23)15(19(20,21)22)18(4)17(2,3)13-9-7-8-10-14(13)24(18)5/h7-10H,6H2,1-5H3/b15-12+. The lowest BCUT2D eigenvalue weighted by molar-refractivity contribution is -0.140. The van der Waals surface area contributed by atoms with Crippen molar-refractivity contribution in [3.05, 3.63) is 41.0 Å². The van der Waals surface area contributed by atoms with Gasteiger partial charge in [-0.05, 0) is 25.5 Å². The van der Waals surface area contributed by atoms with Gasteiger partial charge in [0.15, 0.2) is 0 Å². The van der Waals surface area contributed by atoms with Gasteiger partial charge in [0.2, 0.25) is 0 Å². The summed E-state index contributed by atoms with van der Waals surface area (Å²) in [7, 11) is 1.54. The Hall–Kier alpha value is -2.49. The predicted octanol–water partition coefficient (Wildman–Crippen LogP) is 4.12. The van der Waals surface area contributed by atoms with Crippen molar-refractivity contribution in [1.82, 2.24) is 0 Å². The summed E-state index contributed by atoms with van der Waals surface area (Å²) in [5.41, 5.74) is -3.54. The molecule has 0 saturated heterocycles. The molecule has 0 amide bonds. The number of nitrogens with zero attached hydrogens (tertiary/aromatic N) is 2. The summed E-state index contributed by atoms with van der Waals surface area (Å²) in [5.74, 6) is -1.26. The van der Waals surface area contributed by atoms with Gasteiger partial charge in [0, 0.05) is 18.2 Å². The van der Waals surface area contributed by atoms with E-state index in [0.717, 1.165) is 0 Å². The zero-order valence-electron chi connectivity index (χ0n) is 15.4. The largest absolute Gasteiger partial charge is 0.462 e. The Morgan fingerprint density at radius 3 is 2.31 bits per heavy atom. The second kappa shape index (κ2) is 6.35. The second-order valence-electron chi connectivity index (χ2n) is 6.85. The van der Waals surface area contributed by atoms with Crippen molar-refractivity contribution < 1.29 is 22.7 Å². The average molecular weight is 366 g/mol. The lowest BCUT2D eigenvalue weighted by Crippen LogP contribution is -2.57. The summed E-state index contributed by atoms with van der Waals surface area (Å²) in [6.07, 6.45) is -4.89. The highest BCUT2D eigenvalue weighted by atomic mass is 19.4. The van der Waals surface area contributed by atoms with Crippen LogP contribution < -0.4 is 4.90 Å². The van der Waals surface area contributed by atoms with E-state index in [4.69, 9.17) is 4.74 Å². The summed E-state index contributed by atoms with van der Waals surface area (Å²) < 4.78 is 47.2. The Labute approximate surface area is 150 Å². The number of hydrogen-bond donors (Lipinski definition) is 0. The first kappa shape index (κ1) is 19.8. The minimum Gasteiger partial charge on any atom is -0.462 e. The minimum absolute atomic E-state index is 0.120. The van der Waals surface area contributed by atoms with Crippen LogP contribution in [-0.2, 0) is 14.9 Å². The van der Waals surface area contributed by atoms with E-state index in [1.807, 2.05) is 0 Å². The van der Waals surface area contributed by atoms with E-state index in [9.17, 15) is 23.2 Å². The quantitative estimate of drug-likeness (QED) is 0.459. The van der Waals surface area contributed by atoms with Crippen LogP contribution in [0.1, 0.15) is 33.3 Å². The molecule has 0 bridgehead atoms. The summed E-state index contributed by atoms with van der Waals surface area (Å²) in [6, 6.07) is 8.43. The number of fused-ring (bicyclic) bond motifs is 1. The number of para-hydroxylation sites is 1. The molecule has 1 unspecified atom stereocenters. The van der Waals surface area contributed by atoms with E-state index in [-0.39, 0.29) is 6.61 Å². The number of nitriles is 1. The smallest absolute Gasteiger partial charge is 0.416 e. The van der Waals surface area contributed by atoms with Gasteiger partial charge in [0.05, 0.1) is 17.7 Å². The third-order valence-corrected chi connectivity index (χ3v) is 5.44. The highest BCUT2D eigenvalue weighted by molar-refractivity contribution is 5.95. The molecule has 140 valence electrons. The van der Waals surface area contributed by atoms with E-state index < -0.39 is 34.2 Å². The normalized spacial score (nSPS) is 22.3. The van der Waals surface area contributed by atoms with Crippen LogP contribution in [0, 0.1) is 11.3 Å². The van der Waals surface area contributed by atoms with Crippen LogP contribution in [0.4, 0.5) is 18.9 Å². The molecule has 7 heteroatoms. The Kier molecular flexibility index (Phi) is 4.84. The number of ether oxygens (including phenoxy) is 1. The molecule has 2 rings (SSSR count). The van der Waals surface area contributed by atoms with Crippen LogP contribution >= 0.6 is 0 Å². The van der Waals surface area contributed by atoms with Gasteiger partial charge in [-0.15, -0.1) is 0 Å². The number of benzene rings is 1. The number of hydrogen-bond acceptors (Lipinski definition) is 4. The zero-order chi connectivity index (χ0) is 19.9. The third kappa shape index (κ3) is 2.64. The molecule has 0 N–H and O–H groups in total. The van der Waals surface area contributed by atoms with Crippen molar-refractivity contribution >= 4 is 11.7 Å². The Balaban J connectivity index is 2.86. The van der Waals surface area contributed by atoms with E-state index in [0.29, 0.717) is 11.3 Å². The van der Waals surface area contributed by atoms with Gasteiger partial charge in [0.1, 0.15) is 11.6 Å². The molecule has 0 fully saturated rings. The number of rotatable bonds is 3. The SMILES string of the molecule is CCOC(=O)/C(C#N)=C(/C(F)(F)F)C1(C)N(C)c2ccccc2C1(C)C. The van der Waals surface area contributed by atoms with Gasteiger partial charge in [-0.25, -0.2) is 4.79 Å². The summed E-state index contributed by atoms with van der Waals surface area (Å²) in [6.45, 7) is 6.13. The maximum absolute atomic E-state index is 14.2. The molecular weight excluding hydrogens is 345 g/mol. The fraction of sp³-hybridized carbons (Fsp3) is 0.474. The Morgan fingerprint density at radius 2 is 1.85 bits per heavy atom. The summed E-state index contributed by atoms with van der Waals surface area (Å²) in [5, 5.41) is 9.38. The molecule has 1 heterocycles. The number of carbonyl (C=O) groups excluding carboxylic acids is 1. The fourth-order valence-electron chi connectivity index (χ4n) is 3.77. The van der Waals surface area contributed by atoms with E-state index in [1.54, 1.807) is 45.2 Å². The van der Waals surface area contributed by atoms with Crippen molar-refractivity contribution in [1.29, 1.82) is 5.26 Å². The highest BCUT2D eigenvalue weighted by Gasteiger charge is 2.62. The molecule has 1 aliphatic heterocycles. The van der Waals surface area contributed by atoms with Crippen LogP contribution in [0.2, 0.25) is 0 Å². The first-order valence-electron chi connectivity index (χ1n) is 8.17. The van der Waals surface area contributed by atoms with Gasteiger partial charge < -0.3 is 9.64 Å². The van der Waals surface area contributed by atoms with Gasteiger partial charge >= 0.3 is 12.1 Å². The number of carbonyl (C=O) groups is 1. The molecular formula is C19H21F3N2O2. The van der Waals surface area contributed by atoms with Gasteiger partial charge in [-0.1, -0.05) is 32.0 Å². The molecule has 0 radical (unpaired) electrons. The van der Waals surface area contributed by atoms with Gasteiger partial charge in [-0.3, -0.25) is 0 Å². The third-order valence-electron chi connectivity index (χ3n) is 5.44. The van der Waals surface area contributed by atoms with Gasteiger partial charge in [-0.2, -0.15) is 18.4 Å². The van der Waals surface area contributed by atoms with Gasteiger partial charge in [0.25, 0.3) is 0 Å². The number of anilines is 1. The van der Waals surface area contributed by atoms with Crippen LogP contribution in [0.15, 0.2) is 35.4 Å². The number of likely N-dealkylation sites (N-methyl/N-ethyl adjacent to an activating group) is 1. The Morgan fingerprint density at radius 1 is 1.27 bits per heavy atom. The molecule has 1 aromatic carbocycles. The maximum atomic E-state index is 14.2. The van der Waals surface area contributed by atoms with E-state index in [1.165, 1.54) is 24.8 Å². The van der Waals surface area contributed by atoms with Crippen molar-refractivity contribution in [2.24, 2.45) is 0 Å². The number of halogens is 3. The Bertz CT molecular complexity index is 806. The molecule has 0 aromatic heterocycles. The van der Waals surface area contributed by atoms with Crippen LogP contribution in [0.5, 0.6) is 0 Å². The topological polar surface area (TPSA) is 53.3 Å². The maximum Gasteiger partial charge on any atom is 0.416 e. The van der Waals surface area contributed by atoms with E-state index in [2.05, 4.69) is 0 Å². The molecule has 1 aromatic rings. The predicted molar refractivity (Wildman–Crippen MR) is 91.6 cm³/mol. The van der Waals surface area contributed by atoms with Crippen molar-refractivity contribution in [3.8, 4) is 6.07 Å². The number of esters is 1. The molecule has 0 spiro atoms. The van der Waals surface area contributed by atoms with E-state index >= 15 is 0 Å². The monoisotopic (exact) mass is 366 g/mol. The molecule has 1 aliphatic rings. The molecule has 1 atom stereocenters. The minimum atomic E-state index is -4.89. The lowest BCUT2D eigenvalue weighted by Gasteiger charge is -2.46. The lowest BCUT2D eigenvalue weighted by atomic mass is 9.66. The zero-order valence-corrected chi connectivity index (χ0v) is 15.4. The first-order chi connectivity index (χ1) is 11.9. The second-order valence-corrected chi connectivity index (χ2v) is 6.85. The first-order valence-corrected chi connectivity index (χ1v) is 8.17. The van der Waals surface area contributed by atoms with Crippen LogP contribution in [-0.4, -0.2) is 31.3 Å². The van der Waals surface area contributed by atoms with Crippen molar-refractivity contribution in [3.63, 3.8) is 0 Å². The van der Waals surface area contributed by atoms with Crippen LogP contribution in [0.25, 0.3) is 0 Å². The summed E-state index contributed by atoms with van der Waals surface area (Å²) >= 11 is 0. The molecule has 0 aliphatic carbocycles.